The number of phenolic OH excluding ortho intramolecular Hbond substituents is 2. The first-order valence-corrected chi connectivity index (χ1v) is 14.0. The summed E-state index contributed by atoms with van der Waals surface area (Å²) in [4.78, 5) is 0. The summed E-state index contributed by atoms with van der Waals surface area (Å²) in [6, 6.07) is 11.6. The van der Waals surface area contributed by atoms with E-state index in [9.17, 15) is 15.3 Å². The van der Waals surface area contributed by atoms with Crippen LogP contribution in [0, 0.1) is 11.8 Å². The van der Waals surface area contributed by atoms with Crippen LogP contribution in [0.4, 0.5) is 0 Å². The molecule has 2 heterocycles. The Bertz CT molecular complexity index is 1410. The zero-order chi connectivity index (χ0) is 31.5. The van der Waals surface area contributed by atoms with E-state index in [0.717, 1.165) is 11.1 Å². The van der Waals surface area contributed by atoms with Crippen molar-refractivity contribution in [3.8, 4) is 46.0 Å². The SMILES string of the molecule is COc1cc(C(O)C(OC)Oc2c(OC)cc(C3OCC4C(c5cc(OC)c(O)c(OC)c5)OCC34)cc2OC)ccc1O. The summed E-state index contributed by atoms with van der Waals surface area (Å²) >= 11 is 0. The van der Waals surface area contributed by atoms with Crippen molar-refractivity contribution in [2.75, 3.05) is 55.9 Å². The number of aliphatic hydroxyl groups excluding tert-OH is 1. The van der Waals surface area contributed by atoms with Crippen LogP contribution in [0.1, 0.15) is 35.0 Å². The average Bonchev–Trinajstić information content (AvgIpc) is 3.66. The number of aliphatic hydroxyl groups is 1. The number of methoxy groups -OCH3 is 6. The minimum absolute atomic E-state index is 0.0185. The van der Waals surface area contributed by atoms with Crippen LogP contribution >= 0.6 is 0 Å². The summed E-state index contributed by atoms with van der Waals surface area (Å²) in [6.07, 6.45) is -3.01. The predicted octanol–water partition coefficient (Wildman–Crippen LogP) is 4.30. The van der Waals surface area contributed by atoms with Gasteiger partial charge < -0.3 is 58.0 Å². The molecule has 0 bridgehead atoms. The fourth-order valence-corrected chi connectivity index (χ4v) is 5.89. The maximum Gasteiger partial charge on any atom is 0.230 e. The fourth-order valence-electron chi connectivity index (χ4n) is 5.89. The summed E-state index contributed by atoms with van der Waals surface area (Å²) in [5.41, 5.74) is 2.04. The summed E-state index contributed by atoms with van der Waals surface area (Å²) in [6.45, 7) is 0.894. The first kappa shape index (κ1) is 31.3. The van der Waals surface area contributed by atoms with Gasteiger partial charge in [-0.25, -0.2) is 0 Å². The average molecular weight is 615 g/mol. The molecule has 0 spiro atoms. The molecule has 3 aromatic carbocycles. The Hall–Kier alpha value is -4.10. The summed E-state index contributed by atoms with van der Waals surface area (Å²) in [7, 11) is 8.81. The number of aromatic hydroxyl groups is 2. The second-order valence-electron chi connectivity index (χ2n) is 10.5. The fraction of sp³-hybridized carbons (Fsp3) is 0.438. The molecule has 2 aliphatic heterocycles. The van der Waals surface area contributed by atoms with E-state index in [1.54, 1.807) is 18.2 Å². The second-order valence-corrected chi connectivity index (χ2v) is 10.5. The molecule has 0 saturated carbocycles. The van der Waals surface area contributed by atoms with Gasteiger partial charge in [0.15, 0.2) is 34.5 Å². The molecule has 44 heavy (non-hydrogen) atoms. The molecule has 12 nitrogen and oxygen atoms in total. The van der Waals surface area contributed by atoms with Crippen LogP contribution in [0.15, 0.2) is 42.5 Å². The van der Waals surface area contributed by atoms with Crippen molar-refractivity contribution >= 4 is 0 Å². The highest BCUT2D eigenvalue weighted by molar-refractivity contribution is 5.55. The minimum Gasteiger partial charge on any atom is -0.504 e. The lowest BCUT2D eigenvalue weighted by Crippen LogP contribution is -2.27. The Balaban J connectivity index is 1.40. The monoisotopic (exact) mass is 614 g/mol. The molecular formula is C32H38O12. The van der Waals surface area contributed by atoms with Crippen molar-refractivity contribution in [1.29, 1.82) is 0 Å². The number of phenols is 2. The molecule has 0 aromatic heterocycles. The number of rotatable bonds is 12. The van der Waals surface area contributed by atoms with Crippen LogP contribution in [-0.2, 0) is 14.2 Å². The molecule has 2 saturated heterocycles. The van der Waals surface area contributed by atoms with Crippen molar-refractivity contribution in [1.82, 2.24) is 0 Å². The zero-order valence-corrected chi connectivity index (χ0v) is 25.4. The predicted molar refractivity (Wildman–Crippen MR) is 156 cm³/mol. The van der Waals surface area contributed by atoms with Gasteiger partial charge in [0.25, 0.3) is 0 Å². The van der Waals surface area contributed by atoms with Gasteiger partial charge in [0.2, 0.25) is 17.8 Å². The molecule has 0 aliphatic carbocycles. The quantitative estimate of drug-likeness (QED) is 0.250. The van der Waals surface area contributed by atoms with Gasteiger partial charge in [0, 0.05) is 18.9 Å². The van der Waals surface area contributed by atoms with Crippen LogP contribution < -0.4 is 28.4 Å². The number of fused-ring (bicyclic) bond motifs is 1. The van der Waals surface area contributed by atoms with E-state index in [-0.39, 0.29) is 47.0 Å². The van der Waals surface area contributed by atoms with Crippen LogP contribution in [0.2, 0.25) is 0 Å². The molecule has 6 atom stereocenters. The zero-order valence-electron chi connectivity index (χ0n) is 25.4. The molecule has 12 heteroatoms. The molecule has 2 aliphatic rings. The minimum atomic E-state index is -1.24. The maximum atomic E-state index is 11.1. The lowest BCUT2D eigenvalue weighted by atomic mass is 9.84. The first-order chi connectivity index (χ1) is 21.3. The van der Waals surface area contributed by atoms with E-state index in [0.29, 0.717) is 41.8 Å². The summed E-state index contributed by atoms with van der Waals surface area (Å²) in [5, 5.41) is 31.4. The van der Waals surface area contributed by atoms with E-state index in [2.05, 4.69) is 0 Å². The summed E-state index contributed by atoms with van der Waals surface area (Å²) in [5.74, 6) is 1.66. The molecule has 0 amide bonds. The largest absolute Gasteiger partial charge is 0.504 e. The van der Waals surface area contributed by atoms with E-state index in [4.69, 9.17) is 42.6 Å². The van der Waals surface area contributed by atoms with Crippen LogP contribution in [0.3, 0.4) is 0 Å². The number of benzene rings is 3. The Kier molecular flexibility index (Phi) is 9.45. The Morgan fingerprint density at radius 2 is 1.14 bits per heavy atom. The van der Waals surface area contributed by atoms with E-state index >= 15 is 0 Å². The molecule has 6 unspecified atom stereocenters. The van der Waals surface area contributed by atoms with Gasteiger partial charge in [-0.05, 0) is 53.1 Å². The molecular weight excluding hydrogens is 576 g/mol. The van der Waals surface area contributed by atoms with Gasteiger partial charge in [0.1, 0.15) is 6.10 Å². The van der Waals surface area contributed by atoms with Crippen molar-refractivity contribution in [3.05, 3.63) is 59.2 Å². The topological polar surface area (TPSA) is 144 Å². The van der Waals surface area contributed by atoms with Gasteiger partial charge in [-0.3, -0.25) is 0 Å². The molecule has 3 N–H and O–H groups in total. The number of hydrogen-bond donors (Lipinski definition) is 3. The van der Waals surface area contributed by atoms with Crippen molar-refractivity contribution < 1.29 is 58.0 Å². The van der Waals surface area contributed by atoms with Crippen LogP contribution in [0.25, 0.3) is 0 Å². The van der Waals surface area contributed by atoms with E-state index in [1.807, 2.05) is 12.1 Å². The highest BCUT2D eigenvalue weighted by Gasteiger charge is 2.49. The van der Waals surface area contributed by atoms with Gasteiger partial charge in [-0.2, -0.15) is 0 Å². The normalized spacial score (nSPS) is 22.2. The maximum absolute atomic E-state index is 11.1. The highest BCUT2D eigenvalue weighted by Crippen LogP contribution is 2.53. The van der Waals surface area contributed by atoms with Crippen LogP contribution in [-0.4, -0.2) is 77.5 Å². The molecule has 3 aromatic rings. The third-order valence-electron chi connectivity index (χ3n) is 8.18. The number of hydrogen-bond acceptors (Lipinski definition) is 12. The number of ether oxygens (including phenoxy) is 9. The highest BCUT2D eigenvalue weighted by atomic mass is 16.7. The third-order valence-corrected chi connectivity index (χ3v) is 8.18. The van der Waals surface area contributed by atoms with Crippen molar-refractivity contribution in [3.63, 3.8) is 0 Å². The lowest BCUT2D eigenvalue weighted by molar-refractivity contribution is -0.130. The third kappa shape index (κ3) is 5.73. The summed E-state index contributed by atoms with van der Waals surface area (Å²) < 4.78 is 51.5. The van der Waals surface area contributed by atoms with Gasteiger partial charge >= 0.3 is 0 Å². The lowest BCUT2D eigenvalue weighted by Gasteiger charge is -2.26. The van der Waals surface area contributed by atoms with Crippen molar-refractivity contribution in [2.45, 2.75) is 24.6 Å². The Morgan fingerprint density at radius 1 is 0.659 bits per heavy atom. The Labute approximate surface area is 255 Å². The second kappa shape index (κ2) is 13.3. The van der Waals surface area contributed by atoms with Gasteiger partial charge in [0.05, 0.1) is 61.0 Å². The smallest absolute Gasteiger partial charge is 0.230 e. The molecule has 5 rings (SSSR count). The first-order valence-electron chi connectivity index (χ1n) is 14.0. The van der Waals surface area contributed by atoms with Gasteiger partial charge in [-0.1, -0.05) is 6.07 Å². The van der Waals surface area contributed by atoms with Gasteiger partial charge in [-0.15, -0.1) is 0 Å². The molecule has 2 fully saturated rings. The Morgan fingerprint density at radius 3 is 1.59 bits per heavy atom. The van der Waals surface area contributed by atoms with E-state index in [1.165, 1.54) is 54.8 Å². The molecule has 238 valence electrons. The van der Waals surface area contributed by atoms with Crippen molar-refractivity contribution in [2.24, 2.45) is 11.8 Å². The van der Waals surface area contributed by atoms with E-state index < -0.39 is 12.4 Å². The standard InChI is InChI=1S/C32H38O12/c1-36-22-9-16(7-8-21(22)33)27(34)32(41-6)44-31-25(39-4)12-18(13-26(31)40-5)30-20-15-42-29(19(20)14-43-30)17-10-23(37-2)28(35)24(11-17)38-3/h7-13,19-20,27,29-30,32-35H,14-15H2,1-6H3. The molecule has 0 radical (unpaired) electrons. The van der Waals surface area contributed by atoms with Crippen LogP contribution in [0.5, 0.6) is 46.0 Å².